The summed E-state index contributed by atoms with van der Waals surface area (Å²) in [6, 6.07) is 6.17. The van der Waals surface area contributed by atoms with Gasteiger partial charge in [-0.2, -0.15) is 0 Å². The molecule has 0 aliphatic carbocycles. The van der Waals surface area contributed by atoms with Crippen molar-refractivity contribution in [1.29, 1.82) is 0 Å². The van der Waals surface area contributed by atoms with Crippen LogP contribution >= 0.6 is 11.8 Å². The van der Waals surface area contributed by atoms with E-state index in [1.807, 2.05) is 25.1 Å². The number of imide groups is 1. The van der Waals surface area contributed by atoms with Crippen LogP contribution in [0.25, 0.3) is 6.08 Å². The summed E-state index contributed by atoms with van der Waals surface area (Å²) in [5, 5.41) is 1.96. The maximum atomic E-state index is 11.7. The Morgan fingerprint density at radius 2 is 2.24 bits per heavy atom. The number of aryl methyl sites for hydroxylation is 1. The molecule has 1 aromatic rings. The van der Waals surface area contributed by atoms with Crippen LogP contribution in [0.1, 0.15) is 17.5 Å². The number of carbonyl (C=O) groups is 2. The number of para-hydroxylation sites is 1. The van der Waals surface area contributed by atoms with Gasteiger partial charge in [-0.15, -0.1) is 0 Å². The lowest BCUT2D eigenvalue weighted by Gasteiger charge is -2.23. The third-order valence-corrected chi connectivity index (χ3v) is 4.55. The van der Waals surface area contributed by atoms with Crippen LogP contribution in [-0.4, -0.2) is 30.3 Å². The summed E-state index contributed by atoms with van der Waals surface area (Å²) in [7, 11) is 0. The van der Waals surface area contributed by atoms with Gasteiger partial charge in [0, 0.05) is 24.8 Å². The Hall–Kier alpha value is -1.79. The number of nitrogens with zero attached hydrogens (tertiary/aromatic N) is 1. The SMILES string of the molecule is Cc1cccc(/C=C2\SC(=O)NC2=O)c1N1CC[C@H](N)C1. The molecule has 6 heteroatoms. The molecule has 1 aromatic carbocycles. The predicted octanol–water partition coefficient (Wildman–Crippen LogP) is 1.86. The van der Waals surface area contributed by atoms with E-state index >= 15 is 0 Å². The fourth-order valence-electron chi connectivity index (χ4n) is 2.78. The number of amides is 2. The zero-order valence-corrected chi connectivity index (χ0v) is 12.6. The van der Waals surface area contributed by atoms with E-state index < -0.39 is 0 Å². The van der Waals surface area contributed by atoms with Crippen molar-refractivity contribution in [2.45, 2.75) is 19.4 Å². The third-order valence-electron chi connectivity index (χ3n) is 3.74. The molecule has 0 bridgehead atoms. The van der Waals surface area contributed by atoms with Gasteiger partial charge in [-0.25, -0.2) is 0 Å². The molecule has 2 aliphatic rings. The summed E-state index contributed by atoms with van der Waals surface area (Å²) >= 11 is 0.944. The molecular formula is C15H17N3O2S. The second-order valence-corrected chi connectivity index (χ2v) is 6.37. The smallest absolute Gasteiger partial charge is 0.290 e. The fourth-order valence-corrected chi connectivity index (χ4v) is 3.46. The number of hydrogen-bond donors (Lipinski definition) is 2. The largest absolute Gasteiger partial charge is 0.369 e. The Labute approximate surface area is 127 Å². The lowest BCUT2D eigenvalue weighted by Crippen LogP contribution is -2.27. The second kappa shape index (κ2) is 5.54. The van der Waals surface area contributed by atoms with E-state index in [4.69, 9.17) is 5.73 Å². The minimum atomic E-state index is -0.324. The van der Waals surface area contributed by atoms with Crippen molar-refractivity contribution in [1.82, 2.24) is 5.32 Å². The molecule has 2 heterocycles. The highest BCUT2D eigenvalue weighted by Gasteiger charge is 2.27. The van der Waals surface area contributed by atoms with Crippen LogP contribution in [0.2, 0.25) is 0 Å². The lowest BCUT2D eigenvalue weighted by atomic mass is 10.1. The van der Waals surface area contributed by atoms with E-state index in [-0.39, 0.29) is 17.2 Å². The first-order chi connectivity index (χ1) is 10.0. The van der Waals surface area contributed by atoms with Crippen molar-refractivity contribution in [2.75, 3.05) is 18.0 Å². The molecule has 2 amide bonds. The number of anilines is 1. The quantitative estimate of drug-likeness (QED) is 0.816. The van der Waals surface area contributed by atoms with Crippen LogP contribution < -0.4 is 16.0 Å². The number of rotatable bonds is 2. The maximum Gasteiger partial charge on any atom is 0.290 e. The lowest BCUT2D eigenvalue weighted by molar-refractivity contribution is -0.115. The molecule has 3 rings (SSSR count). The highest BCUT2D eigenvalue weighted by Crippen LogP contribution is 2.33. The Morgan fingerprint density at radius 1 is 1.43 bits per heavy atom. The van der Waals surface area contributed by atoms with Crippen molar-refractivity contribution >= 4 is 34.7 Å². The second-order valence-electron chi connectivity index (χ2n) is 5.36. The van der Waals surface area contributed by atoms with Crippen molar-refractivity contribution < 1.29 is 9.59 Å². The molecular weight excluding hydrogens is 286 g/mol. The zero-order valence-electron chi connectivity index (χ0n) is 11.8. The molecule has 110 valence electrons. The highest BCUT2D eigenvalue weighted by molar-refractivity contribution is 8.18. The van der Waals surface area contributed by atoms with E-state index in [0.717, 1.165) is 48.1 Å². The number of benzene rings is 1. The van der Waals surface area contributed by atoms with E-state index in [9.17, 15) is 9.59 Å². The van der Waals surface area contributed by atoms with Gasteiger partial charge in [0.1, 0.15) is 0 Å². The first-order valence-electron chi connectivity index (χ1n) is 6.89. The van der Waals surface area contributed by atoms with Crippen LogP contribution in [0.3, 0.4) is 0 Å². The Kier molecular flexibility index (Phi) is 3.73. The minimum Gasteiger partial charge on any atom is -0.369 e. The molecule has 0 unspecified atom stereocenters. The Bertz CT molecular complexity index is 642. The van der Waals surface area contributed by atoms with Gasteiger partial charge in [-0.05, 0) is 42.3 Å². The molecule has 21 heavy (non-hydrogen) atoms. The van der Waals surface area contributed by atoms with Crippen molar-refractivity contribution in [3.05, 3.63) is 34.2 Å². The van der Waals surface area contributed by atoms with Gasteiger partial charge in [0.25, 0.3) is 11.1 Å². The Morgan fingerprint density at radius 3 is 2.86 bits per heavy atom. The van der Waals surface area contributed by atoms with Crippen LogP contribution in [0.5, 0.6) is 0 Å². The van der Waals surface area contributed by atoms with Gasteiger partial charge in [0.2, 0.25) is 0 Å². The molecule has 0 saturated carbocycles. The molecule has 3 N–H and O–H groups in total. The molecule has 0 spiro atoms. The number of thioether (sulfide) groups is 1. The van der Waals surface area contributed by atoms with E-state index in [0.29, 0.717) is 4.91 Å². The van der Waals surface area contributed by atoms with Gasteiger partial charge in [-0.1, -0.05) is 18.2 Å². The predicted molar refractivity (Wildman–Crippen MR) is 85.1 cm³/mol. The number of hydrogen-bond acceptors (Lipinski definition) is 5. The monoisotopic (exact) mass is 303 g/mol. The molecule has 5 nitrogen and oxygen atoms in total. The number of nitrogens with two attached hydrogens (primary N) is 1. The standard InChI is InChI=1S/C15H17N3O2S/c1-9-3-2-4-10(7-12-14(19)17-15(20)21-12)13(9)18-6-5-11(16)8-18/h2-4,7,11H,5-6,8,16H2,1H3,(H,17,19,20)/b12-7-/t11-/m0/s1. The van der Waals surface area contributed by atoms with E-state index in [1.54, 1.807) is 6.08 Å². The topological polar surface area (TPSA) is 75.4 Å². The minimum absolute atomic E-state index is 0.191. The average Bonchev–Trinajstić information content (AvgIpc) is 2.96. The van der Waals surface area contributed by atoms with E-state index in [1.165, 1.54) is 0 Å². The normalized spacial score (nSPS) is 24.0. The van der Waals surface area contributed by atoms with Gasteiger partial charge < -0.3 is 10.6 Å². The van der Waals surface area contributed by atoms with Crippen LogP contribution in [0.15, 0.2) is 23.1 Å². The summed E-state index contributed by atoms with van der Waals surface area (Å²) in [5.74, 6) is -0.324. The zero-order chi connectivity index (χ0) is 15.0. The van der Waals surface area contributed by atoms with Crippen LogP contribution in [-0.2, 0) is 4.79 Å². The number of carbonyl (C=O) groups excluding carboxylic acids is 2. The van der Waals surface area contributed by atoms with Gasteiger partial charge >= 0.3 is 0 Å². The molecule has 0 aromatic heterocycles. The fraction of sp³-hybridized carbons (Fsp3) is 0.333. The maximum absolute atomic E-state index is 11.7. The first kappa shape index (κ1) is 14.2. The molecule has 2 aliphatic heterocycles. The summed E-state index contributed by atoms with van der Waals surface area (Å²) in [5.41, 5.74) is 9.20. The Balaban J connectivity index is 1.99. The molecule has 2 saturated heterocycles. The third kappa shape index (κ3) is 2.82. The van der Waals surface area contributed by atoms with Crippen LogP contribution in [0.4, 0.5) is 10.5 Å². The van der Waals surface area contributed by atoms with Crippen molar-refractivity contribution in [2.24, 2.45) is 5.73 Å². The molecule has 0 radical (unpaired) electrons. The highest BCUT2D eigenvalue weighted by atomic mass is 32.2. The first-order valence-corrected chi connectivity index (χ1v) is 7.71. The molecule has 1 atom stereocenters. The van der Waals surface area contributed by atoms with Crippen molar-refractivity contribution in [3.63, 3.8) is 0 Å². The van der Waals surface area contributed by atoms with E-state index in [2.05, 4.69) is 10.2 Å². The van der Waals surface area contributed by atoms with Crippen molar-refractivity contribution in [3.8, 4) is 0 Å². The van der Waals surface area contributed by atoms with Gasteiger partial charge in [-0.3, -0.25) is 14.9 Å². The number of nitrogens with one attached hydrogen (secondary N) is 1. The molecule has 2 fully saturated rings. The summed E-state index contributed by atoms with van der Waals surface area (Å²) in [6.07, 6.45) is 2.76. The van der Waals surface area contributed by atoms with Gasteiger partial charge in [0.05, 0.1) is 4.91 Å². The van der Waals surface area contributed by atoms with Crippen LogP contribution in [0, 0.1) is 6.92 Å². The summed E-state index contributed by atoms with van der Waals surface area (Å²) in [6.45, 7) is 3.79. The summed E-state index contributed by atoms with van der Waals surface area (Å²) < 4.78 is 0. The summed E-state index contributed by atoms with van der Waals surface area (Å²) in [4.78, 5) is 25.7. The van der Waals surface area contributed by atoms with Gasteiger partial charge in [0.15, 0.2) is 0 Å². The average molecular weight is 303 g/mol.